The highest BCUT2D eigenvalue weighted by Crippen LogP contribution is 2.09. The van der Waals surface area contributed by atoms with Crippen LogP contribution >= 0.6 is 24.2 Å². The van der Waals surface area contributed by atoms with Crippen LogP contribution in [0.5, 0.6) is 0 Å². The van der Waals surface area contributed by atoms with Crippen molar-refractivity contribution >= 4 is 35.1 Å². The molecule has 1 N–H and O–H groups in total. The van der Waals surface area contributed by atoms with E-state index in [1.54, 1.807) is 31.1 Å². The average molecular weight is 259 g/mol. The Hall–Kier alpha value is -1.00. The van der Waals surface area contributed by atoms with Gasteiger partial charge in [-0.2, -0.15) is 0 Å². The van der Waals surface area contributed by atoms with Crippen LogP contribution in [0.15, 0.2) is 30.3 Å². The maximum absolute atomic E-state index is 11.6. The number of amidine groups is 1. The molecule has 1 rings (SSSR count). The molecule has 0 saturated heterocycles. The van der Waals surface area contributed by atoms with Crippen molar-refractivity contribution < 1.29 is 4.79 Å². The Morgan fingerprint density at radius 3 is 2.38 bits per heavy atom. The fourth-order valence-electron chi connectivity index (χ4n) is 0.970. The van der Waals surface area contributed by atoms with Gasteiger partial charge in [-0.15, -0.1) is 12.4 Å². The molecule has 5 heteroatoms. The first kappa shape index (κ1) is 15.0. The summed E-state index contributed by atoms with van der Waals surface area (Å²) < 4.78 is 0. The van der Waals surface area contributed by atoms with Crippen LogP contribution in [0.3, 0.4) is 0 Å². The average Bonchev–Trinajstić information content (AvgIpc) is 2.26. The van der Waals surface area contributed by atoms with Crippen molar-refractivity contribution in [3.63, 3.8) is 0 Å². The minimum Gasteiger partial charge on any atom is -0.358 e. The van der Waals surface area contributed by atoms with Gasteiger partial charge in [-0.05, 0) is 0 Å². The number of nitrogens with zero attached hydrogens (tertiary/aromatic N) is 1. The third kappa shape index (κ3) is 4.68. The molecule has 0 bridgehead atoms. The number of benzene rings is 1. The lowest BCUT2D eigenvalue weighted by atomic mass is 10.2. The predicted octanol–water partition coefficient (Wildman–Crippen LogP) is 2.52. The number of nitrogens with one attached hydrogen (secondary N) is 1. The summed E-state index contributed by atoms with van der Waals surface area (Å²) in [6.45, 7) is 0. The van der Waals surface area contributed by atoms with Crippen LogP contribution in [0, 0.1) is 5.41 Å². The minimum atomic E-state index is 0. The first-order valence-electron chi connectivity index (χ1n) is 4.58. The van der Waals surface area contributed by atoms with E-state index in [0.717, 1.165) is 0 Å². The molecule has 0 aromatic heterocycles. The first-order chi connectivity index (χ1) is 7.11. The summed E-state index contributed by atoms with van der Waals surface area (Å²) in [5, 5.41) is 7.94. The fourth-order valence-corrected chi connectivity index (χ4v) is 1.66. The maximum atomic E-state index is 11.6. The number of hydrogen-bond donors (Lipinski definition) is 1. The monoisotopic (exact) mass is 258 g/mol. The number of halogens is 1. The predicted molar refractivity (Wildman–Crippen MR) is 71.9 cm³/mol. The maximum Gasteiger partial charge on any atom is 0.173 e. The van der Waals surface area contributed by atoms with Gasteiger partial charge in [0, 0.05) is 19.7 Å². The SMILES string of the molecule is CN(C)C(=N)SCC(=O)c1ccccc1.Cl. The highest BCUT2D eigenvalue weighted by molar-refractivity contribution is 8.14. The lowest BCUT2D eigenvalue weighted by Gasteiger charge is -2.11. The van der Waals surface area contributed by atoms with Crippen molar-refractivity contribution in [3.8, 4) is 0 Å². The number of carbonyl (C=O) groups is 1. The van der Waals surface area contributed by atoms with E-state index in [2.05, 4.69) is 0 Å². The molecule has 0 aliphatic carbocycles. The Labute approximate surface area is 106 Å². The van der Waals surface area contributed by atoms with Crippen LogP contribution in [0.4, 0.5) is 0 Å². The van der Waals surface area contributed by atoms with Gasteiger partial charge in [-0.25, -0.2) is 0 Å². The summed E-state index contributed by atoms with van der Waals surface area (Å²) in [6, 6.07) is 9.15. The Morgan fingerprint density at radius 1 is 1.31 bits per heavy atom. The number of hydrogen-bond acceptors (Lipinski definition) is 3. The zero-order chi connectivity index (χ0) is 11.3. The van der Waals surface area contributed by atoms with Crippen LogP contribution in [-0.4, -0.2) is 35.7 Å². The van der Waals surface area contributed by atoms with Crippen molar-refractivity contribution in [2.24, 2.45) is 0 Å². The Kier molecular flexibility index (Phi) is 6.85. The lowest BCUT2D eigenvalue weighted by molar-refractivity contribution is 0.102. The second kappa shape index (κ2) is 7.30. The molecule has 0 heterocycles. The van der Waals surface area contributed by atoms with Crippen LogP contribution in [0.25, 0.3) is 0 Å². The molecule has 88 valence electrons. The third-order valence-electron chi connectivity index (χ3n) is 1.84. The molecular formula is C11H15ClN2OS. The van der Waals surface area contributed by atoms with Crippen molar-refractivity contribution in [3.05, 3.63) is 35.9 Å². The second-order valence-corrected chi connectivity index (χ2v) is 4.24. The molecule has 0 atom stereocenters. The highest BCUT2D eigenvalue weighted by Gasteiger charge is 2.07. The van der Waals surface area contributed by atoms with E-state index in [1.165, 1.54) is 11.8 Å². The fraction of sp³-hybridized carbons (Fsp3) is 0.273. The lowest BCUT2D eigenvalue weighted by Crippen LogP contribution is -2.19. The molecule has 0 unspecified atom stereocenters. The summed E-state index contributed by atoms with van der Waals surface area (Å²) in [5.74, 6) is 0.383. The van der Waals surface area contributed by atoms with Crippen LogP contribution < -0.4 is 0 Å². The molecule has 1 aromatic rings. The number of rotatable bonds is 3. The van der Waals surface area contributed by atoms with Gasteiger partial charge in [0.05, 0.1) is 5.75 Å². The summed E-state index contributed by atoms with van der Waals surface area (Å²) in [7, 11) is 3.59. The summed E-state index contributed by atoms with van der Waals surface area (Å²) in [5.41, 5.74) is 0.705. The van der Waals surface area contributed by atoms with Gasteiger partial charge in [0.2, 0.25) is 0 Å². The molecule has 0 aliphatic rings. The van der Waals surface area contributed by atoms with Gasteiger partial charge in [-0.3, -0.25) is 10.2 Å². The smallest absolute Gasteiger partial charge is 0.173 e. The molecule has 0 saturated carbocycles. The highest BCUT2D eigenvalue weighted by atomic mass is 35.5. The van der Waals surface area contributed by atoms with E-state index in [1.807, 2.05) is 18.2 Å². The van der Waals surface area contributed by atoms with Crippen LogP contribution in [-0.2, 0) is 0 Å². The quantitative estimate of drug-likeness (QED) is 0.515. The summed E-state index contributed by atoms with van der Waals surface area (Å²) in [4.78, 5) is 13.3. The van der Waals surface area contributed by atoms with Crippen molar-refractivity contribution in [2.45, 2.75) is 0 Å². The summed E-state index contributed by atoms with van der Waals surface area (Å²) >= 11 is 1.25. The van der Waals surface area contributed by atoms with E-state index in [0.29, 0.717) is 16.5 Å². The van der Waals surface area contributed by atoms with Crippen molar-refractivity contribution in [1.29, 1.82) is 5.41 Å². The zero-order valence-corrected chi connectivity index (χ0v) is 10.9. The molecule has 3 nitrogen and oxygen atoms in total. The van der Waals surface area contributed by atoms with Gasteiger partial charge in [0.1, 0.15) is 0 Å². The Morgan fingerprint density at radius 2 is 1.88 bits per heavy atom. The number of thioether (sulfide) groups is 1. The van der Waals surface area contributed by atoms with E-state index in [4.69, 9.17) is 5.41 Å². The molecule has 0 radical (unpaired) electrons. The van der Waals surface area contributed by atoms with E-state index >= 15 is 0 Å². The van der Waals surface area contributed by atoms with Gasteiger partial charge in [0.15, 0.2) is 11.0 Å². The number of Topliss-reactive ketones (excluding diaryl/α,β-unsaturated/α-hetero) is 1. The van der Waals surface area contributed by atoms with Crippen LogP contribution in [0.1, 0.15) is 10.4 Å². The zero-order valence-electron chi connectivity index (χ0n) is 9.27. The molecule has 1 aromatic carbocycles. The number of carbonyl (C=O) groups excluding carboxylic acids is 1. The van der Waals surface area contributed by atoms with Gasteiger partial charge < -0.3 is 4.90 Å². The molecule has 0 fully saturated rings. The molecule has 16 heavy (non-hydrogen) atoms. The van der Waals surface area contributed by atoms with Crippen molar-refractivity contribution in [1.82, 2.24) is 4.90 Å². The largest absolute Gasteiger partial charge is 0.358 e. The topological polar surface area (TPSA) is 44.2 Å². The van der Waals surface area contributed by atoms with Gasteiger partial charge in [-0.1, -0.05) is 42.1 Å². The molecular weight excluding hydrogens is 244 g/mol. The Bertz CT molecular complexity index is 354. The van der Waals surface area contributed by atoms with Gasteiger partial charge >= 0.3 is 0 Å². The first-order valence-corrected chi connectivity index (χ1v) is 5.56. The van der Waals surface area contributed by atoms with Crippen LogP contribution in [0.2, 0.25) is 0 Å². The van der Waals surface area contributed by atoms with Crippen molar-refractivity contribution in [2.75, 3.05) is 19.8 Å². The molecule has 0 spiro atoms. The summed E-state index contributed by atoms with van der Waals surface area (Å²) in [6.07, 6.45) is 0. The van der Waals surface area contributed by atoms with E-state index in [-0.39, 0.29) is 18.2 Å². The Balaban J connectivity index is 0.00000225. The third-order valence-corrected chi connectivity index (χ3v) is 2.89. The standard InChI is InChI=1S/C11H14N2OS.ClH/c1-13(2)11(12)15-8-10(14)9-6-4-3-5-7-9;/h3-7,12H,8H2,1-2H3;1H. The normalized spacial score (nSPS) is 9.12. The second-order valence-electron chi connectivity index (χ2n) is 3.28. The van der Waals surface area contributed by atoms with Gasteiger partial charge in [0.25, 0.3) is 0 Å². The molecule has 0 aliphatic heterocycles. The molecule has 0 amide bonds. The van der Waals surface area contributed by atoms with E-state index < -0.39 is 0 Å². The minimum absolute atomic E-state index is 0. The number of ketones is 1. The van der Waals surface area contributed by atoms with E-state index in [9.17, 15) is 4.79 Å².